The molecule has 2 heterocycles. The highest BCUT2D eigenvalue weighted by Gasteiger charge is 2.12. The van der Waals surface area contributed by atoms with Crippen molar-refractivity contribution in [2.24, 2.45) is 0 Å². The normalized spacial score (nSPS) is 11.0. The summed E-state index contributed by atoms with van der Waals surface area (Å²) in [6.07, 6.45) is 1.67. The maximum Gasteiger partial charge on any atom is 0.256 e. The van der Waals surface area contributed by atoms with Crippen LogP contribution in [0.4, 0.5) is 5.82 Å². The number of aromatic nitrogens is 4. The number of benzene rings is 2. The monoisotopic (exact) mass is 435 g/mol. The number of halogens is 1. The van der Waals surface area contributed by atoms with Gasteiger partial charge in [-0.3, -0.25) is 4.79 Å². The third-order valence-electron chi connectivity index (χ3n) is 4.54. The van der Waals surface area contributed by atoms with E-state index in [0.717, 1.165) is 26.9 Å². The molecule has 0 radical (unpaired) electrons. The molecular weight excluding hydrogens is 418 g/mol. The molecule has 28 heavy (non-hydrogen) atoms. The Labute approximate surface area is 170 Å². The van der Waals surface area contributed by atoms with Gasteiger partial charge in [0.2, 0.25) is 0 Å². The number of nitrogens with one attached hydrogen (secondary N) is 1. The van der Waals surface area contributed by atoms with Gasteiger partial charge in [-0.15, -0.1) is 0 Å². The van der Waals surface area contributed by atoms with Crippen molar-refractivity contribution in [3.63, 3.8) is 0 Å². The molecule has 1 N–H and O–H groups in total. The van der Waals surface area contributed by atoms with Gasteiger partial charge in [0.15, 0.2) is 0 Å². The SMILES string of the molecule is Cc1nc2ccc(C(=O)Nc3ccnn3Cc3ccc(Br)cc3)cc2nc1C. The number of anilines is 1. The summed E-state index contributed by atoms with van der Waals surface area (Å²) >= 11 is 3.43. The Kier molecular flexibility index (Phi) is 4.92. The molecule has 0 saturated carbocycles. The third kappa shape index (κ3) is 3.80. The van der Waals surface area contributed by atoms with Gasteiger partial charge in [0.05, 0.1) is 35.2 Å². The number of carbonyl (C=O) groups excluding carboxylic acids is 1. The largest absolute Gasteiger partial charge is 0.307 e. The maximum absolute atomic E-state index is 12.8. The van der Waals surface area contributed by atoms with Crippen molar-refractivity contribution in [1.29, 1.82) is 0 Å². The summed E-state index contributed by atoms with van der Waals surface area (Å²) in [4.78, 5) is 21.8. The van der Waals surface area contributed by atoms with Crippen molar-refractivity contribution >= 4 is 38.7 Å². The summed E-state index contributed by atoms with van der Waals surface area (Å²) in [6, 6.07) is 15.1. The van der Waals surface area contributed by atoms with E-state index in [-0.39, 0.29) is 5.91 Å². The second-order valence-corrected chi connectivity index (χ2v) is 7.47. The Hall–Kier alpha value is -3.06. The van der Waals surface area contributed by atoms with Crippen LogP contribution in [-0.2, 0) is 6.54 Å². The minimum atomic E-state index is -0.209. The molecule has 0 atom stereocenters. The quantitative estimate of drug-likeness (QED) is 0.511. The van der Waals surface area contributed by atoms with Crippen molar-refractivity contribution in [2.45, 2.75) is 20.4 Å². The number of hydrogen-bond donors (Lipinski definition) is 1. The van der Waals surface area contributed by atoms with Crippen molar-refractivity contribution in [3.05, 3.63) is 81.7 Å². The van der Waals surface area contributed by atoms with Crippen molar-refractivity contribution < 1.29 is 4.79 Å². The molecule has 2 aromatic heterocycles. The topological polar surface area (TPSA) is 72.7 Å². The van der Waals surface area contributed by atoms with Crippen LogP contribution in [0, 0.1) is 13.8 Å². The average molecular weight is 436 g/mol. The highest BCUT2D eigenvalue weighted by molar-refractivity contribution is 9.10. The molecule has 140 valence electrons. The molecule has 4 rings (SSSR count). The van der Waals surface area contributed by atoms with Crippen LogP contribution >= 0.6 is 15.9 Å². The Morgan fingerprint density at radius 1 is 1.00 bits per heavy atom. The number of aryl methyl sites for hydroxylation is 2. The van der Waals surface area contributed by atoms with Gasteiger partial charge in [0, 0.05) is 16.1 Å². The number of amides is 1. The first-order valence-electron chi connectivity index (χ1n) is 8.82. The molecule has 0 fully saturated rings. The smallest absolute Gasteiger partial charge is 0.256 e. The van der Waals surface area contributed by atoms with E-state index in [1.54, 1.807) is 29.1 Å². The fourth-order valence-electron chi connectivity index (χ4n) is 2.89. The minimum absolute atomic E-state index is 0.209. The van der Waals surface area contributed by atoms with Crippen LogP contribution in [0.15, 0.2) is 59.2 Å². The number of rotatable bonds is 4. The predicted molar refractivity (Wildman–Crippen MR) is 112 cm³/mol. The molecule has 0 aliphatic carbocycles. The van der Waals surface area contributed by atoms with E-state index in [1.807, 2.05) is 44.2 Å². The van der Waals surface area contributed by atoms with E-state index in [1.165, 1.54) is 0 Å². The predicted octanol–water partition coefficient (Wildman–Crippen LogP) is 4.51. The average Bonchev–Trinajstić information content (AvgIpc) is 3.10. The van der Waals surface area contributed by atoms with Gasteiger partial charge < -0.3 is 5.32 Å². The molecule has 7 heteroatoms. The van der Waals surface area contributed by atoms with Crippen LogP contribution in [0.1, 0.15) is 27.3 Å². The fourth-order valence-corrected chi connectivity index (χ4v) is 3.15. The molecule has 0 saturated heterocycles. The molecule has 0 unspecified atom stereocenters. The van der Waals surface area contributed by atoms with Gasteiger partial charge in [-0.25, -0.2) is 14.6 Å². The van der Waals surface area contributed by atoms with E-state index in [4.69, 9.17) is 0 Å². The van der Waals surface area contributed by atoms with Crippen LogP contribution < -0.4 is 5.32 Å². The molecule has 4 aromatic rings. The molecule has 1 amide bonds. The van der Waals surface area contributed by atoms with Gasteiger partial charge in [-0.05, 0) is 49.7 Å². The van der Waals surface area contributed by atoms with Gasteiger partial charge in [0.25, 0.3) is 5.91 Å². The van der Waals surface area contributed by atoms with Gasteiger partial charge in [0.1, 0.15) is 5.82 Å². The summed E-state index contributed by atoms with van der Waals surface area (Å²) in [5.41, 5.74) is 4.86. The molecule has 0 aliphatic rings. The zero-order chi connectivity index (χ0) is 19.7. The Balaban J connectivity index is 1.56. The van der Waals surface area contributed by atoms with E-state index in [2.05, 4.69) is 36.3 Å². The first kappa shape index (κ1) is 18.3. The number of nitrogens with zero attached hydrogens (tertiary/aromatic N) is 4. The second-order valence-electron chi connectivity index (χ2n) is 6.55. The molecule has 6 nitrogen and oxygen atoms in total. The van der Waals surface area contributed by atoms with Crippen molar-refractivity contribution in [1.82, 2.24) is 19.7 Å². The number of carbonyl (C=O) groups is 1. The Morgan fingerprint density at radius 3 is 2.46 bits per heavy atom. The van der Waals surface area contributed by atoms with E-state index >= 15 is 0 Å². The molecule has 0 bridgehead atoms. The molecule has 0 spiro atoms. The summed E-state index contributed by atoms with van der Waals surface area (Å²) in [5, 5.41) is 7.25. The van der Waals surface area contributed by atoms with Crippen LogP contribution in [0.3, 0.4) is 0 Å². The standard InChI is InChI=1S/C21H18BrN5O/c1-13-14(2)25-19-11-16(5-8-18(19)24-13)21(28)26-20-9-10-23-27(20)12-15-3-6-17(22)7-4-15/h3-11H,12H2,1-2H3,(H,26,28). The minimum Gasteiger partial charge on any atom is -0.307 e. The zero-order valence-electron chi connectivity index (χ0n) is 15.5. The second kappa shape index (κ2) is 7.52. The van der Waals surface area contributed by atoms with Gasteiger partial charge >= 0.3 is 0 Å². The summed E-state index contributed by atoms with van der Waals surface area (Å²) in [6.45, 7) is 4.40. The molecule has 2 aromatic carbocycles. The number of hydrogen-bond acceptors (Lipinski definition) is 4. The first-order chi connectivity index (χ1) is 13.5. The van der Waals surface area contributed by atoms with E-state index in [9.17, 15) is 4.79 Å². The van der Waals surface area contributed by atoms with Gasteiger partial charge in [-0.2, -0.15) is 5.10 Å². The van der Waals surface area contributed by atoms with Crippen molar-refractivity contribution in [3.8, 4) is 0 Å². The van der Waals surface area contributed by atoms with E-state index < -0.39 is 0 Å². The highest BCUT2D eigenvalue weighted by atomic mass is 79.9. The van der Waals surface area contributed by atoms with Crippen LogP contribution in [0.5, 0.6) is 0 Å². The third-order valence-corrected chi connectivity index (χ3v) is 5.07. The summed E-state index contributed by atoms with van der Waals surface area (Å²) in [7, 11) is 0. The molecular formula is C21H18BrN5O. The lowest BCUT2D eigenvalue weighted by Crippen LogP contribution is -2.16. The Bertz CT molecular complexity index is 1170. The number of fused-ring (bicyclic) bond motifs is 1. The lowest BCUT2D eigenvalue weighted by atomic mass is 10.1. The van der Waals surface area contributed by atoms with Crippen LogP contribution in [0.25, 0.3) is 11.0 Å². The summed E-state index contributed by atoms with van der Waals surface area (Å²) in [5.74, 6) is 0.429. The zero-order valence-corrected chi connectivity index (χ0v) is 17.1. The maximum atomic E-state index is 12.8. The summed E-state index contributed by atoms with van der Waals surface area (Å²) < 4.78 is 2.78. The Morgan fingerprint density at radius 2 is 1.71 bits per heavy atom. The van der Waals surface area contributed by atoms with Crippen molar-refractivity contribution in [2.75, 3.05) is 5.32 Å². The van der Waals surface area contributed by atoms with E-state index in [0.29, 0.717) is 23.4 Å². The fraction of sp³-hybridized carbons (Fsp3) is 0.143. The molecule has 0 aliphatic heterocycles. The lowest BCUT2D eigenvalue weighted by Gasteiger charge is -2.10. The lowest BCUT2D eigenvalue weighted by molar-refractivity contribution is 0.102. The van der Waals surface area contributed by atoms with Crippen LogP contribution in [-0.4, -0.2) is 25.7 Å². The highest BCUT2D eigenvalue weighted by Crippen LogP contribution is 2.17. The van der Waals surface area contributed by atoms with Gasteiger partial charge in [-0.1, -0.05) is 28.1 Å². The van der Waals surface area contributed by atoms with Crippen LogP contribution in [0.2, 0.25) is 0 Å². The first-order valence-corrected chi connectivity index (χ1v) is 9.61.